The summed E-state index contributed by atoms with van der Waals surface area (Å²) in [5, 5.41) is 0. The molecular formula is C15H20N2O5. The summed E-state index contributed by atoms with van der Waals surface area (Å²) in [6.45, 7) is 3.31. The fourth-order valence-electron chi connectivity index (χ4n) is 1.78. The molecule has 0 atom stereocenters. The lowest BCUT2D eigenvalue weighted by atomic mass is 10.2. The molecule has 120 valence electrons. The van der Waals surface area contributed by atoms with Gasteiger partial charge in [0, 0.05) is 5.69 Å². The second-order valence-corrected chi connectivity index (χ2v) is 4.26. The van der Waals surface area contributed by atoms with Gasteiger partial charge in [-0.1, -0.05) is 6.07 Å². The number of hydrogen-bond donors (Lipinski definition) is 1. The molecule has 1 amide bonds. The molecule has 0 unspecified atom stereocenters. The third kappa shape index (κ3) is 4.85. The van der Waals surface area contributed by atoms with Gasteiger partial charge in [0.15, 0.2) is 0 Å². The predicted octanol–water partition coefficient (Wildman–Crippen LogP) is 0.718. The number of anilines is 1. The molecule has 2 N–H and O–H groups in total. The van der Waals surface area contributed by atoms with Gasteiger partial charge in [0.2, 0.25) is 5.91 Å². The number of rotatable bonds is 7. The first-order valence-electron chi connectivity index (χ1n) is 6.96. The number of carbonyl (C=O) groups is 3. The van der Waals surface area contributed by atoms with E-state index in [4.69, 9.17) is 15.2 Å². The van der Waals surface area contributed by atoms with Crippen molar-refractivity contribution in [3.8, 4) is 0 Å². The first kappa shape index (κ1) is 17.6. The lowest BCUT2D eigenvalue weighted by Crippen LogP contribution is -2.40. The molecule has 0 saturated heterocycles. The largest absolute Gasteiger partial charge is 0.465 e. The standard InChI is InChI=1S/C15H20N2O5/c1-3-21-14(19)10-17(13(18)9-16)12-7-5-6-11(8-12)15(20)22-4-2/h5-8H,3-4,9-10,16H2,1-2H3. The maximum absolute atomic E-state index is 11.9. The zero-order valence-corrected chi connectivity index (χ0v) is 12.7. The van der Waals surface area contributed by atoms with E-state index in [2.05, 4.69) is 0 Å². The van der Waals surface area contributed by atoms with Gasteiger partial charge in [-0.3, -0.25) is 9.59 Å². The first-order valence-corrected chi connectivity index (χ1v) is 6.96. The Morgan fingerprint density at radius 3 is 2.41 bits per heavy atom. The molecule has 0 aromatic heterocycles. The molecule has 0 saturated carbocycles. The fraction of sp³-hybridized carbons (Fsp3) is 0.400. The van der Waals surface area contributed by atoms with Crippen LogP contribution in [0.1, 0.15) is 24.2 Å². The van der Waals surface area contributed by atoms with Gasteiger partial charge in [0.25, 0.3) is 0 Å². The highest BCUT2D eigenvalue weighted by Gasteiger charge is 2.20. The molecule has 1 aromatic carbocycles. The molecule has 0 fully saturated rings. The van der Waals surface area contributed by atoms with Crippen LogP contribution in [-0.4, -0.2) is 44.1 Å². The molecule has 7 nitrogen and oxygen atoms in total. The van der Waals surface area contributed by atoms with E-state index in [0.29, 0.717) is 5.69 Å². The van der Waals surface area contributed by atoms with Gasteiger partial charge in [0.1, 0.15) is 6.54 Å². The van der Waals surface area contributed by atoms with Crippen LogP contribution in [-0.2, 0) is 19.1 Å². The summed E-state index contributed by atoms with van der Waals surface area (Å²) in [6.07, 6.45) is 0. The maximum atomic E-state index is 11.9. The van der Waals surface area contributed by atoms with Crippen LogP contribution in [0.15, 0.2) is 24.3 Å². The minimum atomic E-state index is -0.550. The molecule has 0 aliphatic heterocycles. The van der Waals surface area contributed by atoms with E-state index in [1.165, 1.54) is 11.0 Å². The Labute approximate surface area is 129 Å². The smallest absolute Gasteiger partial charge is 0.338 e. The zero-order chi connectivity index (χ0) is 16.5. The Balaban J connectivity index is 3.04. The highest BCUT2D eigenvalue weighted by atomic mass is 16.5. The van der Waals surface area contributed by atoms with Crippen molar-refractivity contribution in [3.63, 3.8) is 0 Å². The lowest BCUT2D eigenvalue weighted by Gasteiger charge is -2.21. The van der Waals surface area contributed by atoms with Crippen molar-refractivity contribution in [2.24, 2.45) is 5.73 Å². The Hall–Kier alpha value is -2.41. The van der Waals surface area contributed by atoms with Gasteiger partial charge < -0.3 is 20.1 Å². The van der Waals surface area contributed by atoms with Crippen molar-refractivity contribution >= 4 is 23.5 Å². The Morgan fingerprint density at radius 2 is 1.82 bits per heavy atom. The van der Waals surface area contributed by atoms with Crippen molar-refractivity contribution in [3.05, 3.63) is 29.8 Å². The van der Waals surface area contributed by atoms with Crippen molar-refractivity contribution in [1.29, 1.82) is 0 Å². The Kier molecular flexibility index (Phi) is 7.04. The van der Waals surface area contributed by atoms with Crippen LogP contribution in [0.5, 0.6) is 0 Å². The number of ether oxygens (including phenoxy) is 2. The summed E-state index contributed by atoms with van der Waals surface area (Å²) < 4.78 is 9.75. The minimum Gasteiger partial charge on any atom is -0.465 e. The third-order valence-electron chi connectivity index (χ3n) is 2.74. The Morgan fingerprint density at radius 1 is 1.14 bits per heavy atom. The normalized spacial score (nSPS) is 9.95. The maximum Gasteiger partial charge on any atom is 0.338 e. The number of hydrogen-bond acceptors (Lipinski definition) is 6. The minimum absolute atomic E-state index is 0.215. The topological polar surface area (TPSA) is 98.9 Å². The van der Waals surface area contributed by atoms with Gasteiger partial charge >= 0.3 is 11.9 Å². The van der Waals surface area contributed by atoms with E-state index in [0.717, 1.165) is 0 Å². The molecular weight excluding hydrogens is 288 g/mol. The second-order valence-electron chi connectivity index (χ2n) is 4.26. The molecule has 0 bridgehead atoms. The number of nitrogens with two attached hydrogens (primary N) is 1. The van der Waals surface area contributed by atoms with Crippen molar-refractivity contribution in [2.75, 3.05) is 31.2 Å². The number of nitrogens with zero attached hydrogens (tertiary/aromatic N) is 1. The molecule has 0 radical (unpaired) electrons. The van der Waals surface area contributed by atoms with E-state index in [-0.39, 0.29) is 31.9 Å². The molecule has 0 spiro atoms. The summed E-state index contributed by atoms with van der Waals surface area (Å²) in [7, 11) is 0. The fourth-order valence-corrected chi connectivity index (χ4v) is 1.78. The van der Waals surface area contributed by atoms with Crippen LogP contribution in [0.4, 0.5) is 5.69 Å². The SMILES string of the molecule is CCOC(=O)CN(C(=O)CN)c1cccc(C(=O)OCC)c1. The summed E-state index contributed by atoms with van der Waals surface area (Å²) >= 11 is 0. The van der Waals surface area contributed by atoms with E-state index < -0.39 is 17.8 Å². The third-order valence-corrected chi connectivity index (χ3v) is 2.74. The first-order chi connectivity index (χ1) is 10.5. The van der Waals surface area contributed by atoms with Gasteiger partial charge in [-0.15, -0.1) is 0 Å². The summed E-state index contributed by atoms with van der Waals surface area (Å²) in [5.74, 6) is -1.50. The molecule has 1 rings (SSSR count). The van der Waals surface area contributed by atoms with Crippen LogP contribution in [0, 0.1) is 0 Å². The summed E-state index contributed by atoms with van der Waals surface area (Å²) in [6, 6.07) is 6.25. The van der Waals surface area contributed by atoms with E-state index in [9.17, 15) is 14.4 Å². The summed E-state index contributed by atoms with van der Waals surface area (Å²) in [5.41, 5.74) is 6.04. The van der Waals surface area contributed by atoms with Gasteiger partial charge in [-0.05, 0) is 32.0 Å². The molecule has 22 heavy (non-hydrogen) atoms. The molecule has 0 heterocycles. The average molecular weight is 308 g/mol. The number of carbonyl (C=O) groups excluding carboxylic acids is 3. The van der Waals surface area contributed by atoms with Crippen molar-refractivity contribution < 1.29 is 23.9 Å². The van der Waals surface area contributed by atoms with Gasteiger partial charge in [-0.2, -0.15) is 0 Å². The molecule has 7 heteroatoms. The molecule has 1 aromatic rings. The second kappa shape index (κ2) is 8.78. The summed E-state index contributed by atoms with van der Waals surface area (Å²) in [4.78, 5) is 36.5. The van der Waals surface area contributed by atoms with Crippen LogP contribution in [0.3, 0.4) is 0 Å². The van der Waals surface area contributed by atoms with E-state index in [1.807, 2.05) is 0 Å². The Bertz CT molecular complexity index is 544. The van der Waals surface area contributed by atoms with Crippen LogP contribution in [0.25, 0.3) is 0 Å². The lowest BCUT2D eigenvalue weighted by molar-refractivity contribution is -0.142. The van der Waals surface area contributed by atoms with Crippen LogP contribution in [0.2, 0.25) is 0 Å². The van der Waals surface area contributed by atoms with Gasteiger partial charge in [-0.25, -0.2) is 4.79 Å². The number of amides is 1. The van der Waals surface area contributed by atoms with Crippen LogP contribution < -0.4 is 10.6 Å². The van der Waals surface area contributed by atoms with E-state index in [1.54, 1.807) is 32.0 Å². The van der Waals surface area contributed by atoms with Crippen LogP contribution >= 0.6 is 0 Å². The number of benzene rings is 1. The quantitative estimate of drug-likeness (QED) is 0.745. The molecule has 0 aliphatic rings. The monoisotopic (exact) mass is 308 g/mol. The highest BCUT2D eigenvalue weighted by molar-refractivity contribution is 6.00. The van der Waals surface area contributed by atoms with E-state index >= 15 is 0 Å². The number of esters is 2. The van der Waals surface area contributed by atoms with Gasteiger partial charge in [0.05, 0.1) is 25.3 Å². The molecule has 0 aliphatic carbocycles. The predicted molar refractivity (Wildman–Crippen MR) is 80.4 cm³/mol. The zero-order valence-electron chi connectivity index (χ0n) is 12.7. The van der Waals surface area contributed by atoms with Crippen molar-refractivity contribution in [1.82, 2.24) is 0 Å². The van der Waals surface area contributed by atoms with Crippen molar-refractivity contribution in [2.45, 2.75) is 13.8 Å². The average Bonchev–Trinajstić information content (AvgIpc) is 2.52. The highest BCUT2D eigenvalue weighted by Crippen LogP contribution is 2.17.